The molecular formula is C8H14O6S. The van der Waals surface area contributed by atoms with Gasteiger partial charge in [0.25, 0.3) is 5.25 Å². The molecule has 0 saturated carbocycles. The van der Waals surface area contributed by atoms with Gasteiger partial charge in [0.1, 0.15) is 5.60 Å². The smallest absolute Gasteiger partial charge is 0.336 e. The molecular weight excluding hydrogens is 224 g/mol. The molecule has 0 rings (SSSR count). The maximum Gasteiger partial charge on any atom is 0.336 e. The van der Waals surface area contributed by atoms with Gasteiger partial charge in [-0.2, -0.15) is 0 Å². The van der Waals surface area contributed by atoms with Crippen LogP contribution >= 0.6 is 0 Å². The molecule has 0 amide bonds. The zero-order valence-corrected chi connectivity index (χ0v) is 9.79. The summed E-state index contributed by atoms with van der Waals surface area (Å²) in [4.78, 5) is 21.9. The molecule has 0 spiro atoms. The Morgan fingerprint density at radius 1 is 1.27 bits per heavy atom. The number of carbonyl (C=O) groups excluding carboxylic acids is 1. The molecule has 88 valence electrons. The van der Waals surface area contributed by atoms with Crippen LogP contribution in [0, 0.1) is 0 Å². The first-order chi connectivity index (χ1) is 6.45. The van der Waals surface area contributed by atoms with E-state index >= 15 is 0 Å². The van der Waals surface area contributed by atoms with Gasteiger partial charge in [-0.05, 0) is 20.8 Å². The van der Waals surface area contributed by atoms with Gasteiger partial charge >= 0.3 is 11.9 Å². The minimum Gasteiger partial charge on any atom is -0.480 e. The highest BCUT2D eigenvalue weighted by Gasteiger charge is 2.39. The summed E-state index contributed by atoms with van der Waals surface area (Å²) in [5, 5.41) is 6.44. The van der Waals surface area contributed by atoms with Crippen molar-refractivity contribution in [3.8, 4) is 0 Å². The van der Waals surface area contributed by atoms with Gasteiger partial charge in [0.05, 0.1) is 0 Å². The Bertz CT molecular complexity index is 361. The fraction of sp³-hybridized carbons (Fsp3) is 0.750. The number of ether oxygens (including phenoxy) is 1. The number of rotatable bonds is 3. The van der Waals surface area contributed by atoms with Gasteiger partial charge in [-0.3, -0.25) is 4.79 Å². The third-order valence-corrected chi connectivity index (χ3v) is 2.52. The molecule has 7 heteroatoms. The lowest BCUT2D eigenvalue weighted by molar-refractivity contribution is -0.158. The average molecular weight is 238 g/mol. The van der Waals surface area contributed by atoms with Gasteiger partial charge in [0, 0.05) is 6.26 Å². The third-order valence-electron chi connectivity index (χ3n) is 1.27. The molecule has 1 unspecified atom stereocenters. The second kappa shape index (κ2) is 4.18. The Kier molecular flexibility index (Phi) is 3.87. The van der Waals surface area contributed by atoms with Crippen LogP contribution in [0.2, 0.25) is 0 Å². The maximum absolute atomic E-state index is 11.3. The van der Waals surface area contributed by atoms with Crippen LogP contribution in [0.25, 0.3) is 0 Å². The highest BCUT2D eigenvalue weighted by Crippen LogP contribution is 2.12. The first-order valence-electron chi connectivity index (χ1n) is 4.09. The number of hydrogen-bond acceptors (Lipinski definition) is 5. The van der Waals surface area contributed by atoms with Crippen molar-refractivity contribution in [3.05, 3.63) is 0 Å². The molecule has 0 aromatic carbocycles. The highest BCUT2D eigenvalue weighted by molar-refractivity contribution is 7.92. The van der Waals surface area contributed by atoms with Gasteiger partial charge in [0.2, 0.25) is 0 Å². The van der Waals surface area contributed by atoms with Crippen molar-refractivity contribution in [2.24, 2.45) is 0 Å². The zero-order valence-electron chi connectivity index (χ0n) is 8.97. The third kappa shape index (κ3) is 4.78. The summed E-state index contributed by atoms with van der Waals surface area (Å²) in [6, 6.07) is 0. The van der Waals surface area contributed by atoms with E-state index in [4.69, 9.17) is 5.11 Å². The van der Waals surface area contributed by atoms with E-state index in [0.29, 0.717) is 6.26 Å². The van der Waals surface area contributed by atoms with Crippen molar-refractivity contribution in [2.45, 2.75) is 31.6 Å². The summed E-state index contributed by atoms with van der Waals surface area (Å²) in [7, 11) is -4.01. The van der Waals surface area contributed by atoms with Crippen molar-refractivity contribution >= 4 is 21.8 Å². The van der Waals surface area contributed by atoms with Crippen LogP contribution < -0.4 is 0 Å². The molecule has 0 aliphatic rings. The number of sulfone groups is 1. The predicted molar refractivity (Wildman–Crippen MR) is 52.1 cm³/mol. The minimum absolute atomic E-state index is 0.676. The van der Waals surface area contributed by atoms with Crippen LogP contribution in [0.4, 0.5) is 0 Å². The van der Waals surface area contributed by atoms with Gasteiger partial charge in [-0.25, -0.2) is 13.2 Å². The van der Waals surface area contributed by atoms with Crippen molar-refractivity contribution in [2.75, 3.05) is 6.26 Å². The topological polar surface area (TPSA) is 97.7 Å². The van der Waals surface area contributed by atoms with Gasteiger partial charge in [-0.1, -0.05) is 0 Å². The van der Waals surface area contributed by atoms with E-state index in [0.717, 1.165) is 0 Å². The zero-order chi connectivity index (χ0) is 12.4. The average Bonchev–Trinajstić information content (AvgIpc) is 1.74. The largest absolute Gasteiger partial charge is 0.480 e. The van der Waals surface area contributed by atoms with Crippen LogP contribution in [0.1, 0.15) is 20.8 Å². The molecule has 0 aliphatic heterocycles. The first-order valence-corrected chi connectivity index (χ1v) is 6.05. The molecule has 0 bridgehead atoms. The maximum atomic E-state index is 11.3. The Labute approximate surface area is 88.2 Å². The quantitative estimate of drug-likeness (QED) is 0.541. The van der Waals surface area contributed by atoms with E-state index in [1.54, 1.807) is 0 Å². The lowest BCUT2D eigenvalue weighted by Crippen LogP contribution is -2.41. The van der Waals surface area contributed by atoms with Gasteiger partial charge in [0.15, 0.2) is 9.84 Å². The molecule has 6 nitrogen and oxygen atoms in total. The Hall–Kier alpha value is -1.11. The molecule has 0 saturated heterocycles. The second-order valence-corrected chi connectivity index (χ2v) is 6.21. The number of esters is 1. The lowest BCUT2D eigenvalue weighted by Gasteiger charge is -2.21. The van der Waals surface area contributed by atoms with Crippen molar-refractivity contribution in [1.29, 1.82) is 0 Å². The minimum atomic E-state index is -4.01. The standard InChI is InChI=1S/C8H14O6S/c1-8(2,3)14-7(11)5(6(9)10)15(4,12)13/h5H,1-4H3,(H,9,10). The molecule has 1 N–H and O–H groups in total. The number of carbonyl (C=O) groups is 2. The monoisotopic (exact) mass is 238 g/mol. The van der Waals surface area contributed by atoms with Crippen LogP contribution in [0.5, 0.6) is 0 Å². The van der Waals surface area contributed by atoms with E-state index in [1.807, 2.05) is 0 Å². The second-order valence-electron chi connectivity index (χ2n) is 4.08. The van der Waals surface area contributed by atoms with Gasteiger partial charge < -0.3 is 9.84 Å². The molecule has 1 atom stereocenters. The fourth-order valence-electron chi connectivity index (χ4n) is 0.814. The molecule has 0 radical (unpaired) electrons. The SMILES string of the molecule is CC(C)(C)OC(=O)C(C(=O)O)S(C)(=O)=O. The molecule has 15 heavy (non-hydrogen) atoms. The van der Waals surface area contributed by atoms with E-state index in [2.05, 4.69) is 4.74 Å². The number of carboxylic acid groups (broad SMARTS) is 1. The first kappa shape index (κ1) is 13.9. The van der Waals surface area contributed by atoms with Gasteiger partial charge in [-0.15, -0.1) is 0 Å². The van der Waals surface area contributed by atoms with Crippen LogP contribution in [-0.2, 0) is 24.2 Å². The summed E-state index contributed by atoms with van der Waals surface area (Å²) in [5.41, 5.74) is -0.921. The normalized spacial score (nSPS) is 14.4. The summed E-state index contributed by atoms with van der Waals surface area (Å²) >= 11 is 0. The Balaban J connectivity index is 5.00. The van der Waals surface area contributed by atoms with Crippen molar-refractivity contribution in [1.82, 2.24) is 0 Å². The lowest BCUT2D eigenvalue weighted by atomic mass is 10.2. The van der Waals surface area contributed by atoms with Crippen molar-refractivity contribution < 1.29 is 27.9 Å². The number of hydrogen-bond donors (Lipinski definition) is 1. The highest BCUT2D eigenvalue weighted by atomic mass is 32.2. The van der Waals surface area contributed by atoms with E-state index in [1.165, 1.54) is 20.8 Å². The van der Waals surface area contributed by atoms with Crippen LogP contribution in [-0.4, -0.2) is 42.6 Å². The fourth-order valence-corrected chi connectivity index (χ4v) is 1.58. The van der Waals surface area contributed by atoms with E-state index in [9.17, 15) is 18.0 Å². The summed E-state index contributed by atoms with van der Waals surface area (Å²) < 4.78 is 26.7. The van der Waals surface area contributed by atoms with E-state index < -0.39 is 32.6 Å². The molecule has 0 aliphatic carbocycles. The summed E-state index contributed by atoms with van der Waals surface area (Å²) in [5.74, 6) is -3.00. The number of aliphatic carboxylic acids is 1. The van der Waals surface area contributed by atoms with Crippen molar-refractivity contribution in [3.63, 3.8) is 0 Å². The molecule has 0 fully saturated rings. The van der Waals surface area contributed by atoms with Crippen LogP contribution in [0.3, 0.4) is 0 Å². The van der Waals surface area contributed by atoms with Crippen LogP contribution in [0.15, 0.2) is 0 Å². The Morgan fingerprint density at radius 2 is 1.67 bits per heavy atom. The molecule has 0 aromatic rings. The molecule has 0 aromatic heterocycles. The number of carboxylic acids is 1. The molecule has 0 heterocycles. The summed E-state index contributed by atoms with van der Waals surface area (Å²) in [6.07, 6.45) is 0.676. The van der Waals surface area contributed by atoms with E-state index in [-0.39, 0.29) is 0 Å². The summed E-state index contributed by atoms with van der Waals surface area (Å²) in [6.45, 7) is 4.56. The Morgan fingerprint density at radius 3 is 1.87 bits per heavy atom. The predicted octanol–water partition coefficient (Wildman–Crippen LogP) is -0.174.